The number of carbonyl (C=O) groups excluding carboxylic acids is 1. The lowest BCUT2D eigenvalue weighted by Crippen LogP contribution is -2.49. The molecular formula is C14H17F2NO3S. The number of hydrogen-bond donors (Lipinski definition) is 2. The Labute approximate surface area is 125 Å². The van der Waals surface area contributed by atoms with Crippen LogP contribution in [-0.4, -0.2) is 28.8 Å². The Kier molecular flexibility index (Phi) is 5.71. The largest absolute Gasteiger partial charge is 0.480 e. The fourth-order valence-electron chi connectivity index (χ4n) is 1.57. The highest BCUT2D eigenvalue weighted by Gasteiger charge is 2.32. The summed E-state index contributed by atoms with van der Waals surface area (Å²) < 4.78 is 25.8. The molecule has 0 saturated heterocycles. The van der Waals surface area contributed by atoms with Gasteiger partial charge in [-0.05, 0) is 23.6 Å². The standard InChI is InChI=1S/C14H17F2NO3S/c1-14(2,3)12(13(19)20)17-11(18)7-21-8-4-5-9(15)10(16)6-8/h4-6,12H,7H2,1-3H3,(H,17,18)(H,19,20)/t12-/m1/s1. The SMILES string of the molecule is CC(C)(C)[C@H](NC(=O)CSc1ccc(F)c(F)c1)C(=O)O. The lowest BCUT2D eigenvalue weighted by Gasteiger charge is -2.27. The highest BCUT2D eigenvalue weighted by atomic mass is 32.2. The van der Waals surface area contributed by atoms with Crippen molar-refractivity contribution in [3.63, 3.8) is 0 Å². The van der Waals surface area contributed by atoms with E-state index < -0.39 is 35.0 Å². The van der Waals surface area contributed by atoms with Crippen molar-refractivity contribution in [1.82, 2.24) is 5.32 Å². The summed E-state index contributed by atoms with van der Waals surface area (Å²) in [5.41, 5.74) is -0.631. The highest BCUT2D eigenvalue weighted by Crippen LogP contribution is 2.22. The van der Waals surface area contributed by atoms with Crippen molar-refractivity contribution in [3.8, 4) is 0 Å². The van der Waals surface area contributed by atoms with E-state index in [4.69, 9.17) is 5.11 Å². The summed E-state index contributed by atoms with van der Waals surface area (Å²) in [6, 6.07) is 2.31. The van der Waals surface area contributed by atoms with Crippen LogP contribution in [-0.2, 0) is 9.59 Å². The van der Waals surface area contributed by atoms with Crippen LogP contribution in [0.5, 0.6) is 0 Å². The van der Waals surface area contributed by atoms with E-state index in [-0.39, 0.29) is 5.75 Å². The van der Waals surface area contributed by atoms with E-state index in [0.717, 1.165) is 23.9 Å². The molecule has 4 nitrogen and oxygen atoms in total. The van der Waals surface area contributed by atoms with Crippen molar-refractivity contribution in [3.05, 3.63) is 29.8 Å². The summed E-state index contributed by atoms with van der Waals surface area (Å²) in [6.07, 6.45) is 0. The molecule has 0 aliphatic heterocycles. The molecule has 1 atom stereocenters. The van der Waals surface area contributed by atoms with Gasteiger partial charge in [0.1, 0.15) is 6.04 Å². The molecule has 1 aromatic carbocycles. The van der Waals surface area contributed by atoms with Gasteiger partial charge in [0.2, 0.25) is 5.91 Å². The van der Waals surface area contributed by atoms with Crippen molar-refractivity contribution in [1.29, 1.82) is 0 Å². The van der Waals surface area contributed by atoms with E-state index in [2.05, 4.69) is 5.32 Å². The maximum absolute atomic E-state index is 13.0. The molecular weight excluding hydrogens is 300 g/mol. The number of carboxylic acid groups (broad SMARTS) is 1. The number of amides is 1. The van der Waals surface area contributed by atoms with Gasteiger partial charge in [0.15, 0.2) is 11.6 Å². The van der Waals surface area contributed by atoms with Crippen molar-refractivity contribution in [2.75, 3.05) is 5.75 Å². The predicted molar refractivity (Wildman–Crippen MR) is 76.1 cm³/mol. The van der Waals surface area contributed by atoms with E-state index >= 15 is 0 Å². The van der Waals surface area contributed by atoms with Gasteiger partial charge < -0.3 is 10.4 Å². The number of rotatable bonds is 5. The minimum atomic E-state index is -1.12. The Bertz CT molecular complexity index is 544. The fraction of sp³-hybridized carbons (Fsp3) is 0.429. The summed E-state index contributed by atoms with van der Waals surface area (Å²) in [6.45, 7) is 5.11. The monoisotopic (exact) mass is 317 g/mol. The van der Waals surface area contributed by atoms with Gasteiger partial charge in [0.25, 0.3) is 0 Å². The summed E-state index contributed by atoms with van der Waals surface area (Å²) in [5.74, 6) is -3.62. The van der Waals surface area contributed by atoms with Crippen LogP contribution in [0.25, 0.3) is 0 Å². The first-order valence-electron chi connectivity index (χ1n) is 6.21. The smallest absolute Gasteiger partial charge is 0.326 e. The van der Waals surface area contributed by atoms with Gasteiger partial charge in [0.05, 0.1) is 5.75 Å². The Hall–Kier alpha value is -1.63. The van der Waals surface area contributed by atoms with Crippen molar-refractivity contribution in [2.24, 2.45) is 5.41 Å². The van der Waals surface area contributed by atoms with Crippen LogP contribution < -0.4 is 5.32 Å². The second-order valence-electron chi connectivity index (χ2n) is 5.57. The molecule has 0 fully saturated rings. The second-order valence-corrected chi connectivity index (χ2v) is 6.62. The van der Waals surface area contributed by atoms with Crippen LogP contribution >= 0.6 is 11.8 Å². The minimum absolute atomic E-state index is 0.0784. The zero-order valence-corrected chi connectivity index (χ0v) is 12.8. The number of halogens is 2. The number of nitrogens with one attached hydrogen (secondary N) is 1. The number of aliphatic carboxylic acids is 1. The van der Waals surface area contributed by atoms with E-state index in [1.807, 2.05) is 0 Å². The molecule has 1 aromatic rings. The molecule has 0 saturated carbocycles. The number of carbonyl (C=O) groups is 2. The van der Waals surface area contributed by atoms with E-state index in [0.29, 0.717) is 4.90 Å². The van der Waals surface area contributed by atoms with E-state index in [9.17, 15) is 18.4 Å². The number of hydrogen-bond acceptors (Lipinski definition) is 3. The van der Waals surface area contributed by atoms with Gasteiger partial charge >= 0.3 is 5.97 Å². The quantitative estimate of drug-likeness (QED) is 0.820. The van der Waals surface area contributed by atoms with E-state index in [1.165, 1.54) is 6.07 Å². The Morgan fingerprint density at radius 3 is 2.38 bits per heavy atom. The molecule has 0 heterocycles. The van der Waals surface area contributed by atoms with Crippen LogP contribution in [0.2, 0.25) is 0 Å². The summed E-state index contributed by atoms with van der Waals surface area (Å²) in [5, 5.41) is 11.5. The van der Waals surface area contributed by atoms with Gasteiger partial charge in [0, 0.05) is 4.90 Å². The minimum Gasteiger partial charge on any atom is -0.480 e. The van der Waals surface area contributed by atoms with Crippen LogP contribution in [0.4, 0.5) is 8.78 Å². The third-order valence-corrected chi connectivity index (χ3v) is 3.67. The summed E-state index contributed by atoms with van der Waals surface area (Å²) >= 11 is 1.00. The van der Waals surface area contributed by atoms with Crippen molar-refractivity contribution < 1.29 is 23.5 Å². The number of carboxylic acids is 1. The van der Waals surface area contributed by atoms with Crippen LogP contribution in [0, 0.1) is 17.0 Å². The molecule has 0 radical (unpaired) electrons. The molecule has 0 unspecified atom stereocenters. The number of benzene rings is 1. The van der Waals surface area contributed by atoms with Gasteiger partial charge in [-0.15, -0.1) is 11.8 Å². The second kappa shape index (κ2) is 6.89. The molecule has 21 heavy (non-hydrogen) atoms. The zero-order chi connectivity index (χ0) is 16.2. The Morgan fingerprint density at radius 1 is 1.29 bits per heavy atom. The van der Waals surface area contributed by atoms with Gasteiger partial charge in [-0.3, -0.25) is 4.79 Å². The number of thioether (sulfide) groups is 1. The Balaban J connectivity index is 2.61. The molecule has 0 aliphatic carbocycles. The first-order valence-corrected chi connectivity index (χ1v) is 7.20. The molecule has 7 heteroatoms. The molecule has 0 bridgehead atoms. The van der Waals surface area contributed by atoms with Crippen LogP contribution in [0.3, 0.4) is 0 Å². The summed E-state index contributed by atoms with van der Waals surface area (Å²) in [7, 11) is 0. The maximum Gasteiger partial charge on any atom is 0.326 e. The van der Waals surface area contributed by atoms with Crippen LogP contribution in [0.1, 0.15) is 20.8 Å². The molecule has 0 aromatic heterocycles. The first-order chi connectivity index (χ1) is 9.61. The fourth-order valence-corrected chi connectivity index (χ4v) is 2.30. The first kappa shape index (κ1) is 17.4. The van der Waals surface area contributed by atoms with Gasteiger partial charge in [-0.2, -0.15) is 0 Å². The molecule has 1 rings (SSSR count). The highest BCUT2D eigenvalue weighted by molar-refractivity contribution is 8.00. The van der Waals surface area contributed by atoms with Gasteiger partial charge in [-0.25, -0.2) is 13.6 Å². The third kappa shape index (κ3) is 5.34. The lowest BCUT2D eigenvalue weighted by atomic mass is 9.87. The molecule has 116 valence electrons. The zero-order valence-electron chi connectivity index (χ0n) is 11.9. The van der Waals surface area contributed by atoms with Gasteiger partial charge in [-0.1, -0.05) is 20.8 Å². The van der Waals surface area contributed by atoms with E-state index in [1.54, 1.807) is 20.8 Å². The van der Waals surface area contributed by atoms with Crippen molar-refractivity contribution in [2.45, 2.75) is 31.7 Å². The molecule has 0 spiro atoms. The van der Waals surface area contributed by atoms with Crippen LogP contribution in [0.15, 0.2) is 23.1 Å². The maximum atomic E-state index is 13.0. The topological polar surface area (TPSA) is 66.4 Å². The van der Waals surface area contributed by atoms with Crippen molar-refractivity contribution >= 4 is 23.6 Å². The molecule has 0 aliphatic rings. The molecule has 1 amide bonds. The summed E-state index contributed by atoms with van der Waals surface area (Å²) in [4.78, 5) is 23.3. The molecule has 2 N–H and O–H groups in total. The normalized spacial score (nSPS) is 12.8. The average molecular weight is 317 g/mol. The Morgan fingerprint density at radius 2 is 1.90 bits per heavy atom. The third-order valence-electron chi connectivity index (χ3n) is 2.68. The predicted octanol–water partition coefficient (Wildman–Crippen LogP) is 2.67. The lowest BCUT2D eigenvalue weighted by molar-refractivity contribution is -0.144. The average Bonchev–Trinajstić information content (AvgIpc) is 2.35.